The van der Waals surface area contributed by atoms with Crippen molar-refractivity contribution < 1.29 is 35.9 Å². The lowest BCUT2D eigenvalue weighted by molar-refractivity contribution is -0.277. The summed E-state index contributed by atoms with van der Waals surface area (Å²) in [6, 6.07) is 0.233. The van der Waals surface area contributed by atoms with Crippen LogP contribution in [0.25, 0.3) is 0 Å². The van der Waals surface area contributed by atoms with Crippen molar-refractivity contribution in [3.63, 3.8) is 0 Å². The molecule has 20 heavy (non-hydrogen) atoms. The van der Waals surface area contributed by atoms with Crippen LogP contribution in [0, 0.1) is 0 Å². The minimum atomic E-state index is -5.41. The molecule has 0 saturated carbocycles. The number of halogens is 8. The van der Waals surface area contributed by atoms with Gasteiger partial charge in [0.1, 0.15) is 11.3 Å². The fourth-order valence-electron chi connectivity index (χ4n) is 1.20. The number of ether oxygens (including phenoxy) is 1. The van der Waals surface area contributed by atoms with E-state index in [9.17, 15) is 31.1 Å². The van der Waals surface area contributed by atoms with Gasteiger partial charge >= 0.3 is 12.5 Å². The summed E-state index contributed by atoms with van der Waals surface area (Å²) < 4.78 is 77.2. The van der Waals surface area contributed by atoms with Gasteiger partial charge in [-0.3, -0.25) is 4.79 Å². The van der Waals surface area contributed by atoms with Gasteiger partial charge in [0.05, 0.1) is 0 Å². The molecular weight excluding hydrogens is 339 g/mol. The molecule has 112 valence electrons. The summed E-state index contributed by atoms with van der Waals surface area (Å²) in [5.41, 5.74) is -3.12. The third-order valence-electron chi connectivity index (χ3n) is 1.91. The Morgan fingerprint density at radius 3 is 2.15 bits per heavy atom. The normalized spacial score (nSPS) is 12.4. The molecule has 0 aromatic carbocycles. The molecular formula is C9H3Cl2F6NO2. The number of rotatable bonds is 3. The van der Waals surface area contributed by atoms with Crippen molar-refractivity contribution in [1.82, 2.24) is 4.98 Å². The van der Waals surface area contributed by atoms with Crippen molar-refractivity contribution in [2.75, 3.05) is 0 Å². The number of hydrogen-bond acceptors (Lipinski definition) is 3. The molecule has 1 aromatic heterocycles. The summed E-state index contributed by atoms with van der Waals surface area (Å²) in [5, 5.41) is -1.36. The Morgan fingerprint density at radius 2 is 1.80 bits per heavy atom. The Labute approximate surface area is 117 Å². The van der Waals surface area contributed by atoms with Gasteiger partial charge in [-0.1, -0.05) is 0 Å². The van der Waals surface area contributed by atoms with E-state index >= 15 is 0 Å². The number of alkyl halides is 7. The van der Waals surface area contributed by atoms with Gasteiger partial charge in [-0.15, -0.1) is 24.8 Å². The zero-order chi connectivity index (χ0) is 15.7. The van der Waals surface area contributed by atoms with Gasteiger partial charge in [0, 0.05) is 5.88 Å². The first-order valence-corrected chi connectivity index (χ1v) is 5.49. The Kier molecular flexibility index (Phi) is 4.75. The lowest BCUT2D eigenvalue weighted by atomic mass is 10.1. The highest BCUT2D eigenvalue weighted by Crippen LogP contribution is 2.38. The molecule has 1 aromatic rings. The number of carbonyl (C=O) groups is 1. The summed E-state index contributed by atoms with van der Waals surface area (Å²) in [7, 11) is 0. The van der Waals surface area contributed by atoms with Crippen LogP contribution in [0.5, 0.6) is 5.88 Å². The van der Waals surface area contributed by atoms with Crippen LogP contribution in [-0.4, -0.2) is 16.6 Å². The number of carbonyl (C=O) groups excluding carboxylic acids is 1. The molecule has 3 nitrogen and oxygen atoms in total. The van der Waals surface area contributed by atoms with Gasteiger partial charge in [-0.25, -0.2) is 4.98 Å². The molecule has 0 saturated heterocycles. The minimum absolute atomic E-state index is 0.233. The minimum Gasteiger partial charge on any atom is -0.387 e. The predicted octanol–water partition coefficient (Wildman–Crippen LogP) is 4.12. The molecule has 0 atom stereocenters. The number of pyridine rings is 1. The predicted molar refractivity (Wildman–Crippen MR) is 55.7 cm³/mol. The molecule has 0 unspecified atom stereocenters. The molecule has 0 amide bonds. The fourth-order valence-corrected chi connectivity index (χ4v) is 1.57. The van der Waals surface area contributed by atoms with Crippen LogP contribution >= 0.6 is 23.2 Å². The molecule has 0 spiro atoms. The highest BCUT2D eigenvalue weighted by Gasteiger charge is 2.41. The summed E-state index contributed by atoms with van der Waals surface area (Å²) in [4.78, 5) is 13.8. The monoisotopic (exact) mass is 341 g/mol. The summed E-state index contributed by atoms with van der Waals surface area (Å²) in [6.45, 7) is 0. The van der Waals surface area contributed by atoms with Crippen molar-refractivity contribution in [3.05, 3.63) is 22.9 Å². The van der Waals surface area contributed by atoms with E-state index in [1.54, 1.807) is 0 Å². The summed E-state index contributed by atoms with van der Waals surface area (Å²) >= 11 is 10.3. The molecule has 1 heterocycles. The maximum Gasteiger partial charge on any atom is 0.574 e. The van der Waals surface area contributed by atoms with E-state index < -0.39 is 46.4 Å². The van der Waals surface area contributed by atoms with E-state index in [4.69, 9.17) is 23.2 Å². The summed E-state index contributed by atoms with van der Waals surface area (Å²) in [6.07, 6.45) is -10.6. The summed E-state index contributed by atoms with van der Waals surface area (Å²) in [5.74, 6) is -2.42. The maximum atomic E-state index is 12.6. The molecule has 0 radical (unpaired) electrons. The molecule has 0 aliphatic carbocycles. The van der Waals surface area contributed by atoms with Crippen LogP contribution in [0.2, 0.25) is 0 Å². The van der Waals surface area contributed by atoms with E-state index in [1.807, 2.05) is 0 Å². The lowest BCUT2D eigenvalue weighted by Gasteiger charge is -2.16. The first-order valence-electron chi connectivity index (χ1n) is 4.58. The molecule has 0 bridgehead atoms. The SMILES string of the molecule is O=C(Cl)c1nc(OC(F)(F)F)c(C(F)(F)F)cc1CCl. The highest BCUT2D eigenvalue weighted by atomic mass is 35.5. The second-order valence-corrected chi connectivity index (χ2v) is 3.91. The van der Waals surface area contributed by atoms with Crippen LogP contribution in [0.3, 0.4) is 0 Å². The smallest absolute Gasteiger partial charge is 0.387 e. The third kappa shape index (κ3) is 4.14. The first kappa shape index (κ1) is 16.8. The third-order valence-corrected chi connectivity index (χ3v) is 2.38. The average molecular weight is 342 g/mol. The standard InChI is InChI=1S/C9H3Cl2F6NO2/c10-2-3-1-4(8(12,13)14)7(20-9(15,16)17)18-5(3)6(11)19/h1H,2H2. The number of aromatic nitrogens is 1. The van der Waals surface area contributed by atoms with Gasteiger partial charge in [0.2, 0.25) is 5.88 Å². The molecule has 0 aliphatic heterocycles. The van der Waals surface area contributed by atoms with Gasteiger partial charge < -0.3 is 4.74 Å². The zero-order valence-electron chi connectivity index (χ0n) is 9.07. The van der Waals surface area contributed by atoms with Crippen LogP contribution in [0.15, 0.2) is 6.07 Å². The largest absolute Gasteiger partial charge is 0.574 e. The topological polar surface area (TPSA) is 39.2 Å². The Balaban J connectivity index is 3.52. The van der Waals surface area contributed by atoms with Crippen LogP contribution in [0.1, 0.15) is 21.6 Å². The number of hydrogen-bond donors (Lipinski definition) is 0. The fraction of sp³-hybridized carbons (Fsp3) is 0.333. The van der Waals surface area contributed by atoms with Crippen LogP contribution in [0.4, 0.5) is 26.3 Å². The number of nitrogens with zero attached hydrogens (tertiary/aromatic N) is 1. The van der Waals surface area contributed by atoms with E-state index in [1.165, 1.54) is 0 Å². The molecule has 1 rings (SSSR count). The first-order chi connectivity index (χ1) is 8.95. The van der Waals surface area contributed by atoms with Gasteiger partial charge in [-0.05, 0) is 23.2 Å². The highest BCUT2D eigenvalue weighted by molar-refractivity contribution is 6.67. The van der Waals surface area contributed by atoms with E-state index in [-0.39, 0.29) is 6.07 Å². The Morgan fingerprint density at radius 1 is 1.25 bits per heavy atom. The molecule has 11 heteroatoms. The van der Waals surface area contributed by atoms with Crippen LogP contribution in [-0.2, 0) is 12.1 Å². The van der Waals surface area contributed by atoms with E-state index in [0.29, 0.717) is 0 Å². The van der Waals surface area contributed by atoms with E-state index in [2.05, 4.69) is 9.72 Å². The van der Waals surface area contributed by atoms with E-state index in [0.717, 1.165) is 0 Å². The molecule has 0 aliphatic rings. The lowest BCUT2D eigenvalue weighted by Crippen LogP contribution is -2.22. The van der Waals surface area contributed by atoms with Crippen molar-refractivity contribution in [3.8, 4) is 5.88 Å². The Bertz CT molecular complexity index is 528. The van der Waals surface area contributed by atoms with Crippen molar-refractivity contribution in [2.45, 2.75) is 18.4 Å². The van der Waals surface area contributed by atoms with Gasteiger partial charge in [-0.2, -0.15) is 13.2 Å². The zero-order valence-corrected chi connectivity index (χ0v) is 10.6. The molecule has 0 N–H and O–H groups in total. The average Bonchev–Trinajstić information content (AvgIpc) is 2.24. The van der Waals surface area contributed by atoms with Crippen molar-refractivity contribution in [2.24, 2.45) is 0 Å². The van der Waals surface area contributed by atoms with Gasteiger partial charge in [0.25, 0.3) is 5.24 Å². The van der Waals surface area contributed by atoms with Gasteiger partial charge in [0.15, 0.2) is 0 Å². The maximum absolute atomic E-state index is 12.6. The Hall–Kier alpha value is -1.22. The quantitative estimate of drug-likeness (QED) is 0.471. The van der Waals surface area contributed by atoms with Crippen molar-refractivity contribution in [1.29, 1.82) is 0 Å². The van der Waals surface area contributed by atoms with Crippen molar-refractivity contribution >= 4 is 28.4 Å². The second kappa shape index (κ2) is 5.65. The molecule has 0 fully saturated rings. The second-order valence-electron chi connectivity index (χ2n) is 3.30. The van der Waals surface area contributed by atoms with Crippen LogP contribution < -0.4 is 4.74 Å².